The van der Waals surface area contributed by atoms with Crippen LogP contribution in [0.15, 0.2) is 109 Å². The summed E-state index contributed by atoms with van der Waals surface area (Å²) in [5.74, 6) is -0.515. The van der Waals surface area contributed by atoms with Crippen LogP contribution in [0.2, 0.25) is 0 Å². The van der Waals surface area contributed by atoms with Gasteiger partial charge in [-0.3, -0.25) is 9.59 Å². The molecule has 60 heavy (non-hydrogen) atoms. The molecule has 0 bridgehead atoms. The van der Waals surface area contributed by atoms with Gasteiger partial charge >= 0.3 is 11.9 Å². The maximum atomic E-state index is 12.7. The lowest BCUT2D eigenvalue weighted by molar-refractivity contribution is -0.162. The number of hydrogen-bond donors (Lipinski definition) is 0. The molecule has 0 amide bonds. The second-order valence-electron chi connectivity index (χ2n) is 15.6. The lowest BCUT2D eigenvalue weighted by Crippen LogP contribution is -2.30. The highest BCUT2D eigenvalue weighted by Gasteiger charge is 2.17. The second-order valence-corrected chi connectivity index (χ2v) is 15.6. The summed E-state index contributed by atoms with van der Waals surface area (Å²) >= 11 is 0. The number of carbonyl (C=O) groups is 2. The quantitative estimate of drug-likeness (QED) is 0.0348. The molecule has 1 atom stereocenters. The Labute approximate surface area is 370 Å². The van der Waals surface area contributed by atoms with Gasteiger partial charge in [0, 0.05) is 19.4 Å². The molecule has 0 aromatic rings. The Balaban J connectivity index is 4.39. The highest BCUT2D eigenvalue weighted by atomic mass is 16.6. The van der Waals surface area contributed by atoms with Gasteiger partial charge in [-0.2, -0.15) is 0 Å². The van der Waals surface area contributed by atoms with Crippen molar-refractivity contribution in [3.8, 4) is 0 Å². The van der Waals surface area contributed by atoms with E-state index in [1.165, 1.54) is 64.2 Å². The molecule has 5 nitrogen and oxygen atoms in total. The fourth-order valence-electron chi connectivity index (χ4n) is 6.22. The van der Waals surface area contributed by atoms with Gasteiger partial charge in [-0.15, -0.1) is 0 Å². The van der Waals surface area contributed by atoms with E-state index in [1.54, 1.807) is 0 Å². The second kappa shape index (κ2) is 49.9. The number of unbranched alkanes of at least 4 members (excludes halogenated alkanes) is 14. The molecule has 0 aromatic carbocycles. The van der Waals surface area contributed by atoms with Crippen LogP contribution in [0.1, 0.15) is 201 Å². The summed E-state index contributed by atoms with van der Waals surface area (Å²) in [5, 5.41) is 0. The van der Waals surface area contributed by atoms with E-state index in [4.69, 9.17) is 14.2 Å². The summed E-state index contributed by atoms with van der Waals surface area (Å²) in [6.45, 7) is 7.41. The molecular formula is C55H90O5. The highest BCUT2D eigenvalue weighted by molar-refractivity contribution is 5.70. The first-order valence-electron chi connectivity index (χ1n) is 24.4. The fourth-order valence-corrected chi connectivity index (χ4v) is 6.22. The molecule has 0 spiro atoms. The van der Waals surface area contributed by atoms with Crippen molar-refractivity contribution in [2.24, 2.45) is 0 Å². The first kappa shape index (κ1) is 56.6. The molecule has 0 fully saturated rings. The molecule has 0 rings (SSSR count). The molecule has 0 heterocycles. The first-order chi connectivity index (χ1) is 29.6. The summed E-state index contributed by atoms with van der Waals surface area (Å²) in [7, 11) is 0. The molecule has 0 saturated heterocycles. The van der Waals surface area contributed by atoms with Crippen molar-refractivity contribution in [2.75, 3.05) is 19.8 Å². The third-order valence-corrected chi connectivity index (χ3v) is 9.77. The van der Waals surface area contributed by atoms with Crippen molar-refractivity contribution < 1.29 is 23.8 Å². The Morgan fingerprint density at radius 2 is 0.783 bits per heavy atom. The molecule has 0 radical (unpaired) electrons. The maximum absolute atomic E-state index is 12.7. The van der Waals surface area contributed by atoms with Crippen LogP contribution >= 0.6 is 0 Å². The van der Waals surface area contributed by atoms with Crippen molar-refractivity contribution in [3.63, 3.8) is 0 Å². The summed E-state index contributed by atoms with van der Waals surface area (Å²) in [6.07, 6.45) is 68.2. The standard InChI is InChI=1S/C55H90O5/c1-4-7-10-13-16-19-22-25-27-28-29-31-33-36-39-42-45-48-54(56)59-52-53(51-58-50-47-44-41-38-35-32-26-23-20-17-14-11-8-5-2)60-55(57)49-46-43-40-37-34-30-24-21-18-15-12-9-6-3/h7,9-12,14,16,18-21,23,25,27,30,34,40,43,53H,4-6,8,13,15,17,22,24,26,28-29,31-33,35-39,41-42,44-52H2,1-3H3/b10-7-,12-9-,14-11-,19-16-,21-18-,23-20-,27-25-,34-30-,43-40-. The van der Waals surface area contributed by atoms with Crippen LogP contribution in [0.25, 0.3) is 0 Å². The smallest absolute Gasteiger partial charge is 0.306 e. The molecule has 1 unspecified atom stereocenters. The molecule has 0 saturated carbocycles. The minimum absolute atomic E-state index is 0.0407. The summed E-state index contributed by atoms with van der Waals surface area (Å²) in [5.41, 5.74) is 0. The minimum Gasteiger partial charge on any atom is -0.462 e. The van der Waals surface area contributed by atoms with Crippen LogP contribution in [0.5, 0.6) is 0 Å². The predicted octanol–water partition coefficient (Wildman–Crippen LogP) is 16.4. The zero-order valence-corrected chi connectivity index (χ0v) is 38.9. The lowest BCUT2D eigenvalue weighted by Gasteiger charge is -2.18. The summed E-state index contributed by atoms with van der Waals surface area (Å²) < 4.78 is 17.3. The summed E-state index contributed by atoms with van der Waals surface area (Å²) in [6, 6.07) is 0. The van der Waals surface area contributed by atoms with E-state index in [1.807, 2.05) is 6.08 Å². The molecule has 0 aliphatic carbocycles. The van der Waals surface area contributed by atoms with E-state index < -0.39 is 6.10 Å². The number of hydrogen-bond acceptors (Lipinski definition) is 5. The Morgan fingerprint density at radius 3 is 1.27 bits per heavy atom. The van der Waals surface area contributed by atoms with Crippen LogP contribution in [-0.2, 0) is 23.8 Å². The monoisotopic (exact) mass is 831 g/mol. The van der Waals surface area contributed by atoms with Gasteiger partial charge in [0.25, 0.3) is 0 Å². The number of esters is 2. The molecule has 340 valence electrons. The number of allylic oxidation sites excluding steroid dienone is 18. The third kappa shape index (κ3) is 47.2. The topological polar surface area (TPSA) is 61.8 Å². The lowest BCUT2D eigenvalue weighted by atomic mass is 10.1. The van der Waals surface area contributed by atoms with E-state index in [2.05, 4.69) is 124 Å². The largest absolute Gasteiger partial charge is 0.462 e. The van der Waals surface area contributed by atoms with Gasteiger partial charge in [-0.1, -0.05) is 194 Å². The fraction of sp³-hybridized carbons (Fsp3) is 0.636. The molecule has 0 aromatic heterocycles. The van der Waals surface area contributed by atoms with E-state index >= 15 is 0 Å². The summed E-state index contributed by atoms with van der Waals surface area (Å²) in [4.78, 5) is 25.3. The Kier molecular flexibility index (Phi) is 47.1. The van der Waals surface area contributed by atoms with Crippen molar-refractivity contribution in [1.29, 1.82) is 0 Å². The van der Waals surface area contributed by atoms with Gasteiger partial charge in [-0.25, -0.2) is 0 Å². The molecule has 0 aliphatic heterocycles. The van der Waals surface area contributed by atoms with Crippen LogP contribution < -0.4 is 0 Å². The average Bonchev–Trinajstić information content (AvgIpc) is 3.25. The molecule has 0 aliphatic rings. The zero-order chi connectivity index (χ0) is 43.5. The van der Waals surface area contributed by atoms with Gasteiger partial charge in [0.15, 0.2) is 6.10 Å². The Morgan fingerprint density at radius 1 is 0.383 bits per heavy atom. The van der Waals surface area contributed by atoms with Crippen molar-refractivity contribution >= 4 is 11.9 Å². The van der Waals surface area contributed by atoms with Gasteiger partial charge in [-0.05, 0) is 103 Å². The number of ether oxygens (including phenoxy) is 3. The Hall–Kier alpha value is -3.44. The van der Waals surface area contributed by atoms with Crippen molar-refractivity contribution in [1.82, 2.24) is 0 Å². The van der Waals surface area contributed by atoms with Gasteiger partial charge < -0.3 is 14.2 Å². The normalized spacial score (nSPS) is 13.2. The maximum Gasteiger partial charge on any atom is 0.306 e. The molecular weight excluding hydrogens is 741 g/mol. The van der Waals surface area contributed by atoms with Crippen LogP contribution in [0, 0.1) is 0 Å². The SMILES string of the molecule is CC/C=C\C/C=C\C/C=C\C/C=C\CCC(=O)OC(COCCCCCCCC/C=C\C/C=C\CCC)COC(=O)CCCCCCCCC/C=C\C/C=C\C/C=C\CC. The van der Waals surface area contributed by atoms with Gasteiger partial charge in [0.1, 0.15) is 6.61 Å². The van der Waals surface area contributed by atoms with Crippen molar-refractivity contribution in [3.05, 3.63) is 109 Å². The van der Waals surface area contributed by atoms with E-state index in [0.717, 1.165) is 96.3 Å². The van der Waals surface area contributed by atoms with E-state index in [9.17, 15) is 9.59 Å². The van der Waals surface area contributed by atoms with Gasteiger partial charge in [0.05, 0.1) is 6.61 Å². The van der Waals surface area contributed by atoms with Crippen molar-refractivity contribution in [2.45, 2.75) is 207 Å². The molecule has 5 heteroatoms. The third-order valence-electron chi connectivity index (χ3n) is 9.77. The number of rotatable bonds is 43. The zero-order valence-electron chi connectivity index (χ0n) is 38.9. The van der Waals surface area contributed by atoms with E-state index in [0.29, 0.717) is 19.4 Å². The minimum atomic E-state index is -0.589. The predicted molar refractivity (Wildman–Crippen MR) is 260 cm³/mol. The Bertz CT molecular complexity index is 1210. The average molecular weight is 831 g/mol. The highest BCUT2D eigenvalue weighted by Crippen LogP contribution is 2.12. The van der Waals surface area contributed by atoms with Crippen LogP contribution in [-0.4, -0.2) is 37.9 Å². The van der Waals surface area contributed by atoms with Gasteiger partial charge in [0.2, 0.25) is 0 Å². The molecule has 0 N–H and O–H groups in total. The van der Waals surface area contributed by atoms with Crippen LogP contribution in [0.4, 0.5) is 0 Å². The van der Waals surface area contributed by atoms with Crippen LogP contribution in [0.3, 0.4) is 0 Å². The van der Waals surface area contributed by atoms with E-state index in [-0.39, 0.29) is 31.6 Å². The number of carbonyl (C=O) groups excluding carboxylic acids is 2. The first-order valence-corrected chi connectivity index (χ1v) is 24.4.